The number of allylic oxidation sites excluding steroid dienone is 1. The topological polar surface area (TPSA) is 105 Å². The van der Waals surface area contributed by atoms with Crippen LogP contribution in [0.2, 0.25) is 0 Å². The molecule has 2 amide bonds. The first-order chi connectivity index (χ1) is 12.5. The van der Waals surface area contributed by atoms with Crippen molar-refractivity contribution in [3.63, 3.8) is 0 Å². The summed E-state index contributed by atoms with van der Waals surface area (Å²) < 4.78 is 4.77. The van der Waals surface area contributed by atoms with Crippen LogP contribution >= 0.6 is 33.3 Å². The molecule has 3 N–H and O–H groups in total. The molecule has 1 aliphatic heterocycles. The number of hydrogen-bond donors (Lipinski definition) is 3. The van der Waals surface area contributed by atoms with Gasteiger partial charge in [-0.2, -0.15) is 11.8 Å². The second-order valence-electron chi connectivity index (χ2n) is 5.58. The van der Waals surface area contributed by atoms with E-state index in [9.17, 15) is 19.5 Å². The molecule has 0 aromatic rings. The van der Waals surface area contributed by atoms with Crippen LogP contribution in [0.3, 0.4) is 0 Å². The zero-order valence-corrected chi connectivity index (χ0v) is 17.4. The number of aliphatic hydroxyl groups is 1. The van der Waals surface area contributed by atoms with Gasteiger partial charge in [-0.15, -0.1) is 0 Å². The maximum Gasteiger partial charge on any atom is 0.329 e. The number of thioether (sulfide) groups is 1. The van der Waals surface area contributed by atoms with E-state index in [0.29, 0.717) is 17.9 Å². The average Bonchev–Trinajstić information content (AvgIpc) is 2.61. The highest BCUT2D eigenvalue weighted by molar-refractivity contribution is 8.76. The van der Waals surface area contributed by atoms with Crippen LogP contribution in [-0.2, 0) is 19.1 Å². The summed E-state index contributed by atoms with van der Waals surface area (Å²) in [7, 11) is 4.32. The molecule has 7 nitrogen and oxygen atoms in total. The van der Waals surface area contributed by atoms with Crippen LogP contribution in [0, 0.1) is 0 Å². The highest BCUT2D eigenvalue weighted by atomic mass is 33.1. The zero-order valence-electron chi connectivity index (χ0n) is 14.9. The predicted octanol–water partition coefficient (Wildman–Crippen LogP) is 0.974. The smallest absolute Gasteiger partial charge is 0.329 e. The quantitative estimate of drug-likeness (QED) is 0.350. The summed E-state index contributed by atoms with van der Waals surface area (Å²) in [5.41, 5.74) is 0. The van der Waals surface area contributed by atoms with E-state index in [1.54, 1.807) is 28.6 Å². The lowest BCUT2D eigenvalue weighted by Crippen LogP contribution is -2.53. The van der Waals surface area contributed by atoms with Crippen molar-refractivity contribution in [1.82, 2.24) is 10.6 Å². The molecule has 1 unspecified atom stereocenters. The van der Waals surface area contributed by atoms with Crippen LogP contribution in [0.1, 0.15) is 19.3 Å². The lowest BCUT2D eigenvalue weighted by atomic mass is 10.1. The number of aliphatic hydroxyl groups excluding tert-OH is 1. The van der Waals surface area contributed by atoms with Crippen molar-refractivity contribution in [1.29, 1.82) is 0 Å². The average molecular weight is 423 g/mol. The van der Waals surface area contributed by atoms with Crippen molar-refractivity contribution in [2.45, 2.75) is 37.5 Å². The molecule has 0 aromatic heterocycles. The highest BCUT2D eigenvalue weighted by Gasteiger charge is 2.27. The molecule has 1 heterocycles. The van der Waals surface area contributed by atoms with Crippen LogP contribution in [0.15, 0.2) is 12.2 Å². The van der Waals surface area contributed by atoms with Crippen LogP contribution in [0.5, 0.6) is 0 Å². The third kappa shape index (κ3) is 9.20. The molecular formula is C16H26N2O5S3. The van der Waals surface area contributed by atoms with E-state index in [4.69, 9.17) is 4.74 Å². The Balaban J connectivity index is 2.89. The number of carbonyl (C=O) groups is 3. The lowest BCUT2D eigenvalue weighted by Gasteiger charge is -2.22. The summed E-state index contributed by atoms with van der Waals surface area (Å²) in [4.78, 5) is 36.7. The first kappa shape index (κ1) is 23.2. The SMILES string of the molecule is COC(=O)[C@H]1CSSCC/C=C\C(O)CC(=O)N[C@H](CCSC)C(=O)N1. The summed E-state index contributed by atoms with van der Waals surface area (Å²) in [5.74, 6) is 0.497. The third-order valence-corrected chi connectivity index (χ3v) is 6.59. The van der Waals surface area contributed by atoms with Crippen molar-refractivity contribution in [3.8, 4) is 0 Å². The van der Waals surface area contributed by atoms with Crippen LogP contribution in [0.25, 0.3) is 0 Å². The fraction of sp³-hybridized carbons (Fsp3) is 0.688. The Morgan fingerprint density at radius 3 is 2.85 bits per heavy atom. The van der Waals surface area contributed by atoms with Gasteiger partial charge < -0.3 is 20.5 Å². The van der Waals surface area contributed by atoms with Crippen molar-refractivity contribution < 1.29 is 24.2 Å². The van der Waals surface area contributed by atoms with Gasteiger partial charge in [-0.25, -0.2) is 4.79 Å². The summed E-state index contributed by atoms with van der Waals surface area (Å²) >= 11 is 1.56. The van der Waals surface area contributed by atoms with E-state index in [2.05, 4.69) is 10.6 Å². The van der Waals surface area contributed by atoms with Gasteiger partial charge in [-0.05, 0) is 24.9 Å². The first-order valence-electron chi connectivity index (χ1n) is 8.23. The molecule has 0 fully saturated rings. The van der Waals surface area contributed by atoms with E-state index < -0.39 is 36.0 Å². The number of ether oxygens (including phenoxy) is 1. The maximum absolute atomic E-state index is 12.6. The zero-order chi connectivity index (χ0) is 19.4. The van der Waals surface area contributed by atoms with Crippen LogP contribution in [0.4, 0.5) is 0 Å². The van der Waals surface area contributed by atoms with Gasteiger partial charge in [0.15, 0.2) is 0 Å². The summed E-state index contributed by atoms with van der Waals surface area (Å²) in [5, 5.41) is 15.2. The van der Waals surface area contributed by atoms with Gasteiger partial charge in [-0.1, -0.05) is 33.7 Å². The predicted molar refractivity (Wildman–Crippen MR) is 108 cm³/mol. The largest absolute Gasteiger partial charge is 0.467 e. The van der Waals surface area contributed by atoms with Gasteiger partial charge in [0.2, 0.25) is 11.8 Å². The van der Waals surface area contributed by atoms with Gasteiger partial charge in [0.25, 0.3) is 0 Å². The normalized spacial score (nSPS) is 27.4. The van der Waals surface area contributed by atoms with Crippen molar-refractivity contribution in [2.24, 2.45) is 0 Å². The Hall–Kier alpha value is -0.840. The van der Waals surface area contributed by atoms with Gasteiger partial charge in [0.1, 0.15) is 12.1 Å². The number of carbonyl (C=O) groups excluding carboxylic acids is 3. The second-order valence-corrected chi connectivity index (χ2v) is 9.19. The Kier molecular flexibility index (Phi) is 11.9. The molecule has 148 valence electrons. The van der Waals surface area contributed by atoms with E-state index in [0.717, 1.165) is 12.2 Å². The Labute approximate surface area is 166 Å². The van der Waals surface area contributed by atoms with E-state index in [1.165, 1.54) is 17.9 Å². The molecule has 0 aromatic carbocycles. The number of amides is 2. The number of nitrogens with one attached hydrogen (secondary N) is 2. The molecule has 26 heavy (non-hydrogen) atoms. The molecule has 0 radical (unpaired) electrons. The van der Waals surface area contributed by atoms with E-state index in [1.807, 2.05) is 12.3 Å². The number of hydrogen-bond acceptors (Lipinski definition) is 8. The number of esters is 1. The molecule has 0 saturated heterocycles. The Morgan fingerprint density at radius 2 is 2.15 bits per heavy atom. The maximum atomic E-state index is 12.6. The van der Waals surface area contributed by atoms with Gasteiger partial charge in [0, 0.05) is 11.5 Å². The summed E-state index contributed by atoms with van der Waals surface area (Å²) in [6, 6.07) is -1.54. The van der Waals surface area contributed by atoms with Crippen LogP contribution < -0.4 is 10.6 Å². The van der Waals surface area contributed by atoms with Gasteiger partial charge in [0.05, 0.1) is 19.6 Å². The van der Waals surface area contributed by atoms with E-state index >= 15 is 0 Å². The highest BCUT2D eigenvalue weighted by Crippen LogP contribution is 2.23. The first-order valence-corrected chi connectivity index (χ1v) is 12.1. The number of rotatable bonds is 4. The summed E-state index contributed by atoms with van der Waals surface area (Å²) in [6.07, 6.45) is 5.51. The lowest BCUT2D eigenvalue weighted by molar-refractivity contribution is -0.144. The fourth-order valence-corrected chi connectivity index (χ4v) is 4.76. The Bertz CT molecular complexity index is 504. The monoisotopic (exact) mass is 422 g/mol. The molecular weight excluding hydrogens is 396 g/mol. The molecule has 0 saturated carbocycles. The van der Waals surface area contributed by atoms with Crippen LogP contribution in [-0.4, -0.2) is 71.7 Å². The van der Waals surface area contributed by atoms with Crippen molar-refractivity contribution >= 4 is 51.1 Å². The Morgan fingerprint density at radius 1 is 1.38 bits per heavy atom. The molecule has 1 rings (SSSR count). The minimum absolute atomic E-state index is 0.109. The third-order valence-electron chi connectivity index (χ3n) is 3.50. The molecule has 0 spiro atoms. The second kappa shape index (κ2) is 13.3. The minimum Gasteiger partial charge on any atom is -0.467 e. The van der Waals surface area contributed by atoms with E-state index in [-0.39, 0.29) is 6.42 Å². The molecule has 0 bridgehead atoms. The molecule has 0 aliphatic carbocycles. The minimum atomic E-state index is -0.884. The van der Waals surface area contributed by atoms with Gasteiger partial charge in [-0.3, -0.25) is 9.59 Å². The van der Waals surface area contributed by atoms with Gasteiger partial charge >= 0.3 is 5.97 Å². The molecule has 3 atom stereocenters. The van der Waals surface area contributed by atoms with Crippen molar-refractivity contribution in [3.05, 3.63) is 12.2 Å². The van der Waals surface area contributed by atoms with Crippen molar-refractivity contribution in [2.75, 3.05) is 30.6 Å². The number of methoxy groups -OCH3 is 1. The standard InChI is InChI=1S/C16H26N2O5S3/c1-23-16(22)13-10-26-25-7-4-3-5-11(19)9-14(20)17-12(6-8-24-2)15(21)18-13/h3,5,11-13,19H,4,6-10H2,1-2H3,(H,17,20)(H,18,21)/b5-3-/t11?,12-,13-/m1/s1. The molecule has 10 heteroatoms. The summed E-state index contributed by atoms with van der Waals surface area (Å²) in [6.45, 7) is 0. The molecule has 1 aliphatic rings. The fourth-order valence-electron chi connectivity index (χ4n) is 2.14.